The van der Waals surface area contributed by atoms with E-state index in [1.807, 2.05) is 6.92 Å². The Balaban J connectivity index is 2.72. The van der Waals surface area contributed by atoms with E-state index in [9.17, 15) is 14.7 Å². The van der Waals surface area contributed by atoms with Crippen molar-refractivity contribution < 1.29 is 24.2 Å². The summed E-state index contributed by atoms with van der Waals surface area (Å²) in [5, 5.41) is 12.1. The fraction of sp³-hybridized carbons (Fsp3) is 0.529. The van der Waals surface area contributed by atoms with E-state index in [-0.39, 0.29) is 23.2 Å². The molecular formula is C17H24ClNO5. The molecule has 0 bridgehead atoms. The summed E-state index contributed by atoms with van der Waals surface area (Å²) in [6.45, 7) is 9.15. The van der Waals surface area contributed by atoms with Gasteiger partial charge in [-0.05, 0) is 51.8 Å². The molecule has 6 nitrogen and oxygen atoms in total. The smallest absolute Gasteiger partial charge is 0.407 e. The lowest BCUT2D eigenvalue weighted by Crippen LogP contribution is -2.40. The SMILES string of the molecule is CCc1cc(OCC(C)NC(=O)OC(C)(C)C)cc(C(=O)O)c1Cl. The fourth-order valence-electron chi connectivity index (χ4n) is 1.92. The largest absolute Gasteiger partial charge is 0.491 e. The maximum atomic E-state index is 11.7. The zero-order valence-corrected chi connectivity index (χ0v) is 15.4. The lowest BCUT2D eigenvalue weighted by molar-refractivity contribution is 0.0493. The van der Waals surface area contributed by atoms with Crippen molar-refractivity contribution in [1.29, 1.82) is 0 Å². The van der Waals surface area contributed by atoms with E-state index < -0.39 is 17.7 Å². The average Bonchev–Trinajstić information content (AvgIpc) is 2.43. The summed E-state index contributed by atoms with van der Waals surface area (Å²) in [4.78, 5) is 22.9. The third kappa shape index (κ3) is 6.28. The molecule has 0 spiro atoms. The van der Waals surface area contributed by atoms with E-state index in [0.29, 0.717) is 17.7 Å². The molecule has 1 amide bonds. The van der Waals surface area contributed by atoms with E-state index in [0.717, 1.165) is 0 Å². The number of benzene rings is 1. The quantitative estimate of drug-likeness (QED) is 0.806. The first-order chi connectivity index (χ1) is 11.0. The van der Waals surface area contributed by atoms with E-state index in [2.05, 4.69) is 5.32 Å². The molecule has 0 saturated heterocycles. The van der Waals surface area contributed by atoms with Crippen LogP contribution in [0.4, 0.5) is 4.79 Å². The Morgan fingerprint density at radius 2 is 1.96 bits per heavy atom. The standard InChI is InChI=1S/C17H24ClNO5/c1-6-11-7-12(8-13(14(11)18)15(20)21)23-9-10(2)19-16(22)24-17(3,4)5/h7-8,10H,6,9H2,1-5H3,(H,19,22)(H,20,21). The van der Waals surface area contributed by atoms with Crippen LogP contribution in [0.25, 0.3) is 0 Å². The number of halogens is 1. The Kier molecular flexibility index (Phi) is 6.90. The number of hydrogen-bond donors (Lipinski definition) is 2. The lowest BCUT2D eigenvalue weighted by Gasteiger charge is -2.22. The first kappa shape index (κ1) is 20.1. The van der Waals surface area contributed by atoms with Crippen LogP contribution in [-0.4, -0.2) is 35.4 Å². The molecule has 0 saturated carbocycles. The van der Waals surface area contributed by atoms with E-state index >= 15 is 0 Å². The topological polar surface area (TPSA) is 84.9 Å². The molecule has 0 radical (unpaired) electrons. The van der Waals surface area contributed by atoms with Crippen LogP contribution in [0.15, 0.2) is 12.1 Å². The van der Waals surface area contributed by atoms with E-state index in [1.54, 1.807) is 33.8 Å². The van der Waals surface area contributed by atoms with Gasteiger partial charge in [-0.25, -0.2) is 9.59 Å². The van der Waals surface area contributed by atoms with Crippen molar-refractivity contribution in [3.05, 3.63) is 28.3 Å². The number of nitrogens with one attached hydrogen (secondary N) is 1. The van der Waals surface area contributed by atoms with Gasteiger partial charge in [-0.15, -0.1) is 0 Å². The molecule has 0 aromatic heterocycles. The molecule has 1 rings (SSSR count). The first-order valence-corrected chi connectivity index (χ1v) is 8.09. The Labute approximate surface area is 147 Å². The Bertz CT molecular complexity index is 610. The van der Waals surface area contributed by atoms with Gasteiger partial charge in [0, 0.05) is 0 Å². The molecule has 0 fully saturated rings. The third-order valence-electron chi connectivity index (χ3n) is 3.00. The number of amides is 1. The predicted molar refractivity (Wildman–Crippen MR) is 92.1 cm³/mol. The van der Waals surface area contributed by atoms with Crippen LogP contribution < -0.4 is 10.1 Å². The number of carbonyl (C=O) groups excluding carboxylic acids is 1. The molecule has 1 aromatic rings. The summed E-state index contributed by atoms with van der Waals surface area (Å²) in [6, 6.07) is 2.77. The minimum Gasteiger partial charge on any atom is -0.491 e. The van der Waals surface area contributed by atoms with Crippen LogP contribution in [0.3, 0.4) is 0 Å². The molecule has 0 aliphatic carbocycles. The van der Waals surface area contributed by atoms with Gasteiger partial charge in [-0.1, -0.05) is 18.5 Å². The predicted octanol–water partition coefficient (Wildman–Crippen LogP) is 3.89. The van der Waals surface area contributed by atoms with Crippen molar-refractivity contribution in [1.82, 2.24) is 5.32 Å². The van der Waals surface area contributed by atoms with E-state index in [4.69, 9.17) is 21.1 Å². The second kappa shape index (κ2) is 8.24. The number of carbonyl (C=O) groups is 2. The van der Waals surface area contributed by atoms with Crippen molar-refractivity contribution in [2.45, 2.75) is 52.7 Å². The van der Waals surface area contributed by atoms with Crippen LogP contribution in [-0.2, 0) is 11.2 Å². The highest BCUT2D eigenvalue weighted by Crippen LogP contribution is 2.28. The third-order valence-corrected chi connectivity index (χ3v) is 3.44. The van der Waals surface area contributed by atoms with Crippen LogP contribution in [0, 0.1) is 0 Å². The summed E-state index contributed by atoms with van der Waals surface area (Å²) >= 11 is 6.06. The number of aromatic carboxylic acids is 1. The normalized spacial score (nSPS) is 12.4. The monoisotopic (exact) mass is 357 g/mol. The summed E-state index contributed by atoms with van der Waals surface area (Å²) in [7, 11) is 0. The highest BCUT2D eigenvalue weighted by Gasteiger charge is 2.18. The van der Waals surface area contributed by atoms with Crippen molar-refractivity contribution in [2.24, 2.45) is 0 Å². The number of aryl methyl sites for hydroxylation is 1. The molecule has 1 unspecified atom stereocenters. The molecule has 7 heteroatoms. The first-order valence-electron chi connectivity index (χ1n) is 7.71. The molecule has 1 atom stereocenters. The molecule has 0 aliphatic rings. The second-order valence-corrected chi connectivity index (χ2v) is 6.84. The van der Waals surface area contributed by atoms with Gasteiger partial charge in [0.05, 0.1) is 16.6 Å². The molecule has 0 heterocycles. The van der Waals surface area contributed by atoms with Gasteiger partial charge in [0.15, 0.2) is 0 Å². The molecule has 0 aliphatic heterocycles. The van der Waals surface area contributed by atoms with Gasteiger partial charge in [0.25, 0.3) is 0 Å². The maximum absolute atomic E-state index is 11.7. The van der Waals surface area contributed by atoms with Gasteiger partial charge in [0.2, 0.25) is 0 Å². The highest BCUT2D eigenvalue weighted by atomic mass is 35.5. The Morgan fingerprint density at radius 3 is 2.46 bits per heavy atom. The van der Waals surface area contributed by atoms with Gasteiger partial charge in [-0.3, -0.25) is 0 Å². The number of ether oxygens (including phenoxy) is 2. The summed E-state index contributed by atoms with van der Waals surface area (Å²) in [5.41, 5.74) is 0.117. The fourth-order valence-corrected chi connectivity index (χ4v) is 2.25. The van der Waals surface area contributed by atoms with Gasteiger partial charge in [-0.2, -0.15) is 0 Å². The maximum Gasteiger partial charge on any atom is 0.407 e. The molecule has 2 N–H and O–H groups in total. The van der Waals surface area contributed by atoms with Gasteiger partial charge >= 0.3 is 12.1 Å². The van der Waals surface area contributed by atoms with Crippen LogP contribution in [0.1, 0.15) is 50.5 Å². The van der Waals surface area contributed by atoms with Crippen molar-refractivity contribution in [3.8, 4) is 5.75 Å². The zero-order valence-electron chi connectivity index (χ0n) is 14.6. The molecule has 1 aromatic carbocycles. The lowest BCUT2D eigenvalue weighted by atomic mass is 10.1. The Morgan fingerprint density at radius 1 is 1.33 bits per heavy atom. The summed E-state index contributed by atoms with van der Waals surface area (Å²) < 4.78 is 10.8. The van der Waals surface area contributed by atoms with Crippen LogP contribution in [0.2, 0.25) is 5.02 Å². The minimum absolute atomic E-state index is 0.00114. The number of carboxylic acids is 1. The number of hydrogen-bond acceptors (Lipinski definition) is 4. The number of alkyl carbamates (subject to hydrolysis) is 1. The van der Waals surface area contributed by atoms with Crippen LogP contribution >= 0.6 is 11.6 Å². The average molecular weight is 358 g/mol. The van der Waals surface area contributed by atoms with Crippen molar-refractivity contribution in [3.63, 3.8) is 0 Å². The number of carboxylic acid groups (broad SMARTS) is 1. The molecular weight excluding hydrogens is 334 g/mol. The minimum atomic E-state index is -1.11. The Hall–Kier alpha value is -1.95. The molecule has 134 valence electrons. The van der Waals surface area contributed by atoms with Gasteiger partial charge < -0.3 is 19.9 Å². The zero-order chi connectivity index (χ0) is 18.5. The summed E-state index contributed by atoms with van der Waals surface area (Å²) in [5.74, 6) is -0.716. The van der Waals surface area contributed by atoms with Crippen molar-refractivity contribution in [2.75, 3.05) is 6.61 Å². The van der Waals surface area contributed by atoms with Crippen LogP contribution in [0.5, 0.6) is 5.75 Å². The summed E-state index contributed by atoms with van der Waals surface area (Å²) in [6.07, 6.45) is 0.0531. The number of rotatable bonds is 6. The highest BCUT2D eigenvalue weighted by molar-refractivity contribution is 6.34. The van der Waals surface area contributed by atoms with E-state index in [1.165, 1.54) is 6.07 Å². The second-order valence-electron chi connectivity index (χ2n) is 6.46. The van der Waals surface area contributed by atoms with Gasteiger partial charge in [0.1, 0.15) is 18.0 Å². The van der Waals surface area contributed by atoms with Crippen molar-refractivity contribution >= 4 is 23.7 Å². The molecule has 24 heavy (non-hydrogen) atoms.